The fourth-order valence-corrected chi connectivity index (χ4v) is 2.78. The van der Waals surface area contributed by atoms with E-state index in [4.69, 9.17) is 15.2 Å². The summed E-state index contributed by atoms with van der Waals surface area (Å²) in [5.41, 5.74) is 7.68. The molecule has 2 aliphatic heterocycles. The van der Waals surface area contributed by atoms with E-state index in [2.05, 4.69) is 26.1 Å². The Kier molecular flexibility index (Phi) is 3.65. The molecule has 1 aromatic carbocycles. The van der Waals surface area contributed by atoms with E-state index >= 15 is 0 Å². The van der Waals surface area contributed by atoms with Crippen molar-refractivity contribution < 1.29 is 9.47 Å². The monoisotopic (exact) mass is 337 g/mol. The Balaban J connectivity index is 1.99. The maximum Gasteiger partial charge on any atom is 0.175 e. The highest BCUT2D eigenvalue weighted by Crippen LogP contribution is 2.38. The van der Waals surface area contributed by atoms with Gasteiger partial charge in [0.2, 0.25) is 0 Å². The highest BCUT2D eigenvalue weighted by molar-refractivity contribution is 9.10. The van der Waals surface area contributed by atoms with E-state index in [9.17, 15) is 0 Å². The van der Waals surface area contributed by atoms with Crippen molar-refractivity contribution >= 4 is 27.5 Å². The number of rotatable bonds is 1. The van der Waals surface area contributed by atoms with Gasteiger partial charge in [0.15, 0.2) is 11.5 Å². The van der Waals surface area contributed by atoms with Gasteiger partial charge in [-0.15, -0.1) is 5.10 Å². The van der Waals surface area contributed by atoms with E-state index in [1.165, 1.54) is 0 Å². The van der Waals surface area contributed by atoms with Crippen LogP contribution in [0.3, 0.4) is 0 Å². The van der Waals surface area contributed by atoms with Crippen molar-refractivity contribution in [2.24, 2.45) is 21.9 Å². The number of nitrogens with zero attached hydrogens (tertiary/aromatic N) is 2. The Hall–Kier alpha value is -1.56. The maximum absolute atomic E-state index is 5.77. The molecule has 1 atom stereocenters. The third kappa shape index (κ3) is 2.52. The largest absolute Gasteiger partial charge is 0.489 e. The molecule has 20 heavy (non-hydrogen) atoms. The number of benzene rings is 1. The SMILES string of the molecule is CC1CC(c2cc(Br)c3c(c2)OCCCO3)=NN=C1N. The Labute approximate surface area is 126 Å². The van der Waals surface area contributed by atoms with Crippen LogP contribution in [0.5, 0.6) is 11.5 Å². The Bertz CT molecular complexity index is 598. The standard InChI is InChI=1S/C14H16BrN3O2/c1-8-5-11(17-18-14(8)16)9-6-10(15)13-12(7-9)19-3-2-4-20-13/h6-8H,2-5H2,1H3,(H2,16,18). The van der Waals surface area contributed by atoms with Gasteiger partial charge < -0.3 is 15.2 Å². The molecule has 2 aliphatic rings. The summed E-state index contributed by atoms with van der Waals surface area (Å²) < 4.78 is 12.3. The van der Waals surface area contributed by atoms with E-state index in [0.717, 1.165) is 40.1 Å². The first kappa shape index (κ1) is 13.4. The van der Waals surface area contributed by atoms with Crippen molar-refractivity contribution in [3.63, 3.8) is 0 Å². The second-order valence-electron chi connectivity index (χ2n) is 5.01. The zero-order valence-corrected chi connectivity index (χ0v) is 12.8. The molecule has 6 heteroatoms. The lowest BCUT2D eigenvalue weighted by atomic mass is 9.97. The van der Waals surface area contributed by atoms with Gasteiger partial charge in [-0.05, 0) is 28.1 Å². The van der Waals surface area contributed by atoms with Crippen LogP contribution in [-0.4, -0.2) is 24.8 Å². The minimum Gasteiger partial charge on any atom is -0.489 e. The molecule has 2 N–H and O–H groups in total. The topological polar surface area (TPSA) is 69.2 Å². The van der Waals surface area contributed by atoms with Crippen LogP contribution in [0.1, 0.15) is 25.3 Å². The first-order chi connectivity index (χ1) is 9.65. The van der Waals surface area contributed by atoms with Crippen LogP contribution >= 0.6 is 15.9 Å². The fourth-order valence-electron chi connectivity index (χ4n) is 2.23. The van der Waals surface area contributed by atoms with Gasteiger partial charge in [0.1, 0.15) is 5.84 Å². The van der Waals surface area contributed by atoms with Crippen LogP contribution < -0.4 is 15.2 Å². The molecule has 0 radical (unpaired) electrons. The normalized spacial score (nSPS) is 21.8. The van der Waals surface area contributed by atoms with Gasteiger partial charge in [0.05, 0.1) is 23.4 Å². The van der Waals surface area contributed by atoms with E-state index < -0.39 is 0 Å². The van der Waals surface area contributed by atoms with Gasteiger partial charge in [0, 0.05) is 24.3 Å². The first-order valence-electron chi connectivity index (χ1n) is 6.64. The van der Waals surface area contributed by atoms with Gasteiger partial charge >= 0.3 is 0 Å². The second kappa shape index (κ2) is 5.44. The third-order valence-electron chi connectivity index (χ3n) is 3.43. The lowest BCUT2D eigenvalue weighted by Gasteiger charge is -2.18. The number of halogens is 1. The summed E-state index contributed by atoms with van der Waals surface area (Å²) in [6, 6.07) is 3.96. The summed E-state index contributed by atoms with van der Waals surface area (Å²) in [6.07, 6.45) is 1.66. The molecule has 0 amide bonds. The molecular weight excluding hydrogens is 322 g/mol. The minimum absolute atomic E-state index is 0.206. The highest BCUT2D eigenvalue weighted by Gasteiger charge is 2.21. The summed E-state index contributed by atoms with van der Waals surface area (Å²) >= 11 is 3.54. The number of amidine groups is 1. The van der Waals surface area contributed by atoms with Gasteiger partial charge in [-0.2, -0.15) is 5.10 Å². The summed E-state index contributed by atoms with van der Waals surface area (Å²) in [5, 5.41) is 8.23. The summed E-state index contributed by atoms with van der Waals surface area (Å²) in [6.45, 7) is 3.38. The van der Waals surface area contributed by atoms with E-state index in [1.807, 2.05) is 19.1 Å². The zero-order chi connectivity index (χ0) is 14.1. The number of fused-ring (bicyclic) bond motifs is 1. The predicted octanol–water partition coefficient (Wildman–Crippen LogP) is 2.71. The van der Waals surface area contributed by atoms with E-state index in [0.29, 0.717) is 19.0 Å². The predicted molar refractivity (Wildman–Crippen MR) is 81.7 cm³/mol. The molecule has 1 aromatic rings. The molecule has 0 aliphatic carbocycles. The molecule has 0 spiro atoms. The Morgan fingerprint density at radius 2 is 2.05 bits per heavy atom. The average Bonchev–Trinajstić information content (AvgIpc) is 2.67. The summed E-state index contributed by atoms with van der Waals surface area (Å²) in [5.74, 6) is 2.31. The molecule has 3 rings (SSSR count). The van der Waals surface area contributed by atoms with Gasteiger partial charge in [-0.1, -0.05) is 6.92 Å². The molecule has 0 bridgehead atoms. The van der Waals surface area contributed by atoms with Crippen molar-refractivity contribution in [3.8, 4) is 11.5 Å². The number of ether oxygens (including phenoxy) is 2. The number of hydrogen-bond acceptors (Lipinski definition) is 5. The first-order valence-corrected chi connectivity index (χ1v) is 7.44. The van der Waals surface area contributed by atoms with Crippen LogP contribution in [0.4, 0.5) is 0 Å². The van der Waals surface area contributed by atoms with Crippen molar-refractivity contribution in [3.05, 3.63) is 22.2 Å². The van der Waals surface area contributed by atoms with Crippen LogP contribution in [0.25, 0.3) is 0 Å². The Morgan fingerprint density at radius 1 is 1.25 bits per heavy atom. The smallest absolute Gasteiger partial charge is 0.175 e. The van der Waals surface area contributed by atoms with Gasteiger partial charge in [0.25, 0.3) is 0 Å². The van der Waals surface area contributed by atoms with Gasteiger partial charge in [-0.25, -0.2) is 0 Å². The quantitative estimate of drug-likeness (QED) is 0.856. The van der Waals surface area contributed by atoms with Crippen LogP contribution in [0.15, 0.2) is 26.8 Å². The molecular formula is C14H16BrN3O2. The average molecular weight is 338 g/mol. The highest BCUT2D eigenvalue weighted by atomic mass is 79.9. The molecule has 106 valence electrons. The number of nitrogens with two attached hydrogens (primary N) is 1. The molecule has 2 heterocycles. The third-order valence-corrected chi connectivity index (χ3v) is 4.02. The lowest BCUT2D eigenvalue weighted by molar-refractivity contribution is 0.296. The molecule has 0 aromatic heterocycles. The van der Waals surface area contributed by atoms with Gasteiger partial charge in [-0.3, -0.25) is 0 Å². The van der Waals surface area contributed by atoms with Crippen molar-refractivity contribution in [1.82, 2.24) is 0 Å². The summed E-state index contributed by atoms with van der Waals surface area (Å²) in [4.78, 5) is 0. The second-order valence-corrected chi connectivity index (χ2v) is 5.87. The number of hydrogen-bond donors (Lipinski definition) is 1. The molecule has 0 fully saturated rings. The molecule has 0 saturated heterocycles. The van der Waals surface area contributed by atoms with Crippen molar-refractivity contribution in [1.29, 1.82) is 0 Å². The van der Waals surface area contributed by atoms with Crippen LogP contribution in [0.2, 0.25) is 0 Å². The fraction of sp³-hybridized carbons (Fsp3) is 0.429. The zero-order valence-electron chi connectivity index (χ0n) is 11.2. The van der Waals surface area contributed by atoms with Crippen LogP contribution in [0, 0.1) is 5.92 Å². The van der Waals surface area contributed by atoms with Crippen molar-refractivity contribution in [2.45, 2.75) is 19.8 Å². The Morgan fingerprint density at radius 3 is 2.85 bits per heavy atom. The summed E-state index contributed by atoms with van der Waals surface area (Å²) in [7, 11) is 0. The molecule has 5 nitrogen and oxygen atoms in total. The lowest BCUT2D eigenvalue weighted by Crippen LogP contribution is -2.26. The van der Waals surface area contributed by atoms with E-state index in [-0.39, 0.29) is 5.92 Å². The van der Waals surface area contributed by atoms with E-state index in [1.54, 1.807) is 0 Å². The minimum atomic E-state index is 0.206. The van der Waals surface area contributed by atoms with Crippen LogP contribution in [-0.2, 0) is 0 Å². The molecule has 0 saturated carbocycles. The maximum atomic E-state index is 5.77. The molecule has 1 unspecified atom stereocenters. The van der Waals surface area contributed by atoms with Crippen molar-refractivity contribution in [2.75, 3.05) is 13.2 Å².